The fourth-order valence-electron chi connectivity index (χ4n) is 1.93. The Morgan fingerprint density at radius 2 is 1.80 bits per heavy atom. The second-order valence-electron chi connectivity index (χ2n) is 5.05. The van der Waals surface area contributed by atoms with Gasteiger partial charge in [-0.05, 0) is 12.8 Å². The molecule has 0 radical (unpaired) electrons. The average molecular weight is 279 g/mol. The summed E-state index contributed by atoms with van der Waals surface area (Å²) in [5.74, 6) is 2.41. The molecule has 0 atom stereocenters. The van der Waals surface area contributed by atoms with E-state index in [4.69, 9.17) is 4.74 Å². The topological polar surface area (TPSA) is 47.0 Å². The first kappa shape index (κ1) is 16.7. The van der Waals surface area contributed by atoms with Gasteiger partial charge in [-0.3, -0.25) is 0 Å². The van der Waals surface area contributed by atoms with E-state index in [-0.39, 0.29) is 0 Å². The van der Waals surface area contributed by atoms with Gasteiger partial charge in [0.05, 0.1) is 6.61 Å². The number of hydrogen-bond donors (Lipinski definition) is 1. The molecule has 0 amide bonds. The summed E-state index contributed by atoms with van der Waals surface area (Å²) in [6.07, 6.45) is 8.14. The van der Waals surface area contributed by atoms with Gasteiger partial charge in [-0.1, -0.05) is 46.5 Å². The van der Waals surface area contributed by atoms with E-state index in [0.717, 1.165) is 44.1 Å². The van der Waals surface area contributed by atoms with Crippen LogP contribution in [0.3, 0.4) is 0 Å². The molecule has 0 saturated carbocycles. The Labute approximate surface area is 123 Å². The zero-order valence-electron chi connectivity index (χ0n) is 13.2. The monoisotopic (exact) mass is 279 g/mol. The molecule has 0 fully saturated rings. The maximum absolute atomic E-state index is 5.76. The summed E-state index contributed by atoms with van der Waals surface area (Å²) in [6.45, 7) is 8.11. The van der Waals surface area contributed by atoms with Crippen molar-refractivity contribution < 1.29 is 4.74 Å². The molecule has 20 heavy (non-hydrogen) atoms. The molecule has 4 heteroatoms. The van der Waals surface area contributed by atoms with E-state index in [1.807, 2.05) is 6.07 Å². The standard InChI is InChI=1S/C16H29N3O/c1-4-7-8-9-10-12-20-16-13-15(17-11-5-2)18-14(6-3)19-16/h13H,4-12H2,1-3H3,(H,17,18,19). The molecule has 0 aliphatic carbocycles. The molecule has 0 bridgehead atoms. The molecular weight excluding hydrogens is 250 g/mol. The summed E-state index contributed by atoms with van der Waals surface area (Å²) in [4.78, 5) is 8.88. The van der Waals surface area contributed by atoms with Crippen LogP contribution >= 0.6 is 0 Å². The van der Waals surface area contributed by atoms with E-state index < -0.39 is 0 Å². The van der Waals surface area contributed by atoms with Crippen LogP contribution in [0.5, 0.6) is 5.88 Å². The van der Waals surface area contributed by atoms with E-state index in [9.17, 15) is 0 Å². The molecule has 1 rings (SSSR count). The molecule has 1 heterocycles. The minimum atomic E-state index is 0.700. The first-order chi connectivity index (χ1) is 9.80. The highest BCUT2D eigenvalue weighted by atomic mass is 16.5. The number of nitrogens with zero attached hydrogens (tertiary/aromatic N) is 2. The summed E-state index contributed by atoms with van der Waals surface area (Å²) < 4.78 is 5.76. The van der Waals surface area contributed by atoms with Crippen LogP contribution in [0.2, 0.25) is 0 Å². The zero-order valence-corrected chi connectivity index (χ0v) is 13.2. The number of unbranched alkanes of at least 4 members (excludes halogenated alkanes) is 4. The lowest BCUT2D eigenvalue weighted by molar-refractivity contribution is 0.292. The predicted molar refractivity (Wildman–Crippen MR) is 84.4 cm³/mol. The van der Waals surface area contributed by atoms with Gasteiger partial charge >= 0.3 is 0 Å². The molecule has 0 aliphatic rings. The van der Waals surface area contributed by atoms with Gasteiger partial charge < -0.3 is 10.1 Å². The maximum atomic E-state index is 5.76. The lowest BCUT2D eigenvalue weighted by Crippen LogP contribution is -2.07. The predicted octanol–water partition coefficient (Wildman–Crippen LogP) is 4.21. The van der Waals surface area contributed by atoms with Gasteiger partial charge in [0.15, 0.2) is 0 Å². The number of nitrogens with one attached hydrogen (secondary N) is 1. The number of anilines is 1. The van der Waals surface area contributed by atoms with Gasteiger partial charge in [-0.25, -0.2) is 4.98 Å². The molecule has 1 N–H and O–H groups in total. The van der Waals surface area contributed by atoms with Gasteiger partial charge in [-0.2, -0.15) is 4.98 Å². The van der Waals surface area contributed by atoms with Crippen LogP contribution < -0.4 is 10.1 Å². The third kappa shape index (κ3) is 6.73. The number of aromatic nitrogens is 2. The highest BCUT2D eigenvalue weighted by molar-refractivity contribution is 5.38. The van der Waals surface area contributed by atoms with Crippen LogP contribution in [0.25, 0.3) is 0 Å². The van der Waals surface area contributed by atoms with Crippen molar-refractivity contribution in [1.29, 1.82) is 0 Å². The summed E-state index contributed by atoms with van der Waals surface area (Å²) in [6, 6.07) is 1.90. The SMILES string of the molecule is CCCCCCCOc1cc(NCCC)nc(CC)n1. The lowest BCUT2D eigenvalue weighted by atomic mass is 10.2. The minimum absolute atomic E-state index is 0.700. The minimum Gasteiger partial charge on any atom is -0.478 e. The number of ether oxygens (including phenoxy) is 1. The van der Waals surface area contributed by atoms with Crippen LogP contribution in [0.1, 0.15) is 65.1 Å². The number of aryl methyl sites for hydroxylation is 1. The molecule has 0 aliphatic heterocycles. The summed E-state index contributed by atoms with van der Waals surface area (Å²) in [7, 11) is 0. The Morgan fingerprint density at radius 1 is 1.00 bits per heavy atom. The van der Waals surface area contributed by atoms with Crippen molar-refractivity contribution in [2.45, 2.75) is 65.7 Å². The van der Waals surface area contributed by atoms with Gasteiger partial charge in [0.25, 0.3) is 0 Å². The van der Waals surface area contributed by atoms with Crippen molar-refractivity contribution in [3.05, 3.63) is 11.9 Å². The average Bonchev–Trinajstić information content (AvgIpc) is 2.48. The van der Waals surface area contributed by atoms with Crippen molar-refractivity contribution in [1.82, 2.24) is 9.97 Å². The van der Waals surface area contributed by atoms with Crippen LogP contribution in [-0.2, 0) is 6.42 Å². The van der Waals surface area contributed by atoms with E-state index >= 15 is 0 Å². The van der Waals surface area contributed by atoms with E-state index in [1.54, 1.807) is 0 Å². The Hall–Kier alpha value is -1.32. The molecule has 0 unspecified atom stereocenters. The van der Waals surface area contributed by atoms with Crippen molar-refractivity contribution in [2.75, 3.05) is 18.5 Å². The second-order valence-corrected chi connectivity index (χ2v) is 5.05. The summed E-state index contributed by atoms with van der Waals surface area (Å²) in [5, 5.41) is 3.30. The van der Waals surface area contributed by atoms with E-state index in [2.05, 4.69) is 36.1 Å². The molecular formula is C16H29N3O. The van der Waals surface area contributed by atoms with E-state index in [0.29, 0.717) is 5.88 Å². The third-order valence-corrected chi connectivity index (χ3v) is 3.12. The molecule has 114 valence electrons. The van der Waals surface area contributed by atoms with Crippen molar-refractivity contribution in [3.63, 3.8) is 0 Å². The first-order valence-electron chi connectivity index (χ1n) is 8.04. The summed E-state index contributed by atoms with van der Waals surface area (Å²) in [5.41, 5.74) is 0. The van der Waals surface area contributed by atoms with Crippen LogP contribution in [-0.4, -0.2) is 23.1 Å². The second kappa shape index (κ2) is 10.5. The fraction of sp³-hybridized carbons (Fsp3) is 0.750. The Kier molecular flexibility index (Phi) is 8.76. The molecule has 4 nitrogen and oxygen atoms in total. The molecule has 1 aromatic rings. The van der Waals surface area contributed by atoms with Crippen molar-refractivity contribution in [2.24, 2.45) is 0 Å². The van der Waals surface area contributed by atoms with Gasteiger partial charge in [0.2, 0.25) is 5.88 Å². The highest BCUT2D eigenvalue weighted by Gasteiger charge is 2.04. The largest absolute Gasteiger partial charge is 0.478 e. The van der Waals surface area contributed by atoms with Crippen molar-refractivity contribution >= 4 is 5.82 Å². The first-order valence-corrected chi connectivity index (χ1v) is 8.04. The van der Waals surface area contributed by atoms with Crippen LogP contribution in [0, 0.1) is 0 Å². The molecule has 0 aromatic carbocycles. The number of rotatable bonds is 11. The fourth-order valence-corrected chi connectivity index (χ4v) is 1.93. The quantitative estimate of drug-likeness (QED) is 0.616. The zero-order chi connectivity index (χ0) is 14.6. The maximum Gasteiger partial charge on any atom is 0.218 e. The normalized spacial score (nSPS) is 10.6. The highest BCUT2D eigenvalue weighted by Crippen LogP contribution is 2.15. The number of hydrogen-bond acceptors (Lipinski definition) is 4. The van der Waals surface area contributed by atoms with Crippen molar-refractivity contribution in [3.8, 4) is 5.88 Å². The van der Waals surface area contributed by atoms with Crippen LogP contribution in [0.15, 0.2) is 6.07 Å². The smallest absolute Gasteiger partial charge is 0.218 e. The van der Waals surface area contributed by atoms with Gasteiger partial charge in [0.1, 0.15) is 11.6 Å². The summed E-state index contributed by atoms with van der Waals surface area (Å²) >= 11 is 0. The third-order valence-electron chi connectivity index (χ3n) is 3.12. The molecule has 1 aromatic heterocycles. The Morgan fingerprint density at radius 3 is 2.50 bits per heavy atom. The van der Waals surface area contributed by atoms with Crippen LogP contribution in [0.4, 0.5) is 5.82 Å². The lowest BCUT2D eigenvalue weighted by Gasteiger charge is -2.10. The molecule has 0 spiro atoms. The van der Waals surface area contributed by atoms with Gasteiger partial charge in [-0.15, -0.1) is 0 Å². The Bertz CT molecular complexity index is 369. The molecule has 0 saturated heterocycles. The van der Waals surface area contributed by atoms with Gasteiger partial charge in [0, 0.05) is 19.0 Å². The van der Waals surface area contributed by atoms with E-state index in [1.165, 1.54) is 25.7 Å². The Balaban J connectivity index is 2.42.